The SMILES string of the molecule is Cc1ccc2c3c1cnn3[C@H](c1ccc(Cl)cc1)C(C=O)=C2. The van der Waals surface area contributed by atoms with E-state index < -0.39 is 0 Å². The molecule has 0 spiro atoms. The third kappa shape index (κ3) is 1.82. The van der Waals surface area contributed by atoms with E-state index in [-0.39, 0.29) is 6.04 Å². The summed E-state index contributed by atoms with van der Waals surface area (Å²) in [6.07, 6.45) is 4.74. The number of hydrogen-bond acceptors (Lipinski definition) is 2. The Labute approximate surface area is 132 Å². The molecule has 2 heterocycles. The van der Waals surface area contributed by atoms with Crippen molar-refractivity contribution in [3.05, 3.63) is 69.9 Å². The van der Waals surface area contributed by atoms with Crippen LogP contribution in [0.3, 0.4) is 0 Å². The van der Waals surface area contributed by atoms with Crippen LogP contribution in [0.15, 0.2) is 48.2 Å². The molecule has 0 N–H and O–H groups in total. The van der Waals surface area contributed by atoms with Gasteiger partial charge in [0.2, 0.25) is 0 Å². The Kier molecular flexibility index (Phi) is 2.91. The number of aldehydes is 1. The van der Waals surface area contributed by atoms with Crippen LogP contribution in [0.25, 0.3) is 17.0 Å². The van der Waals surface area contributed by atoms with Gasteiger partial charge in [0.05, 0.1) is 11.7 Å². The Bertz CT molecular complexity index is 922. The molecule has 22 heavy (non-hydrogen) atoms. The second-order valence-electron chi connectivity index (χ2n) is 5.54. The minimum Gasteiger partial charge on any atom is -0.298 e. The number of hydrogen-bond donors (Lipinski definition) is 0. The zero-order chi connectivity index (χ0) is 15.3. The van der Waals surface area contributed by atoms with Crippen LogP contribution in [0.5, 0.6) is 0 Å². The maximum atomic E-state index is 11.6. The van der Waals surface area contributed by atoms with E-state index in [9.17, 15) is 4.79 Å². The highest BCUT2D eigenvalue weighted by molar-refractivity contribution is 6.30. The van der Waals surface area contributed by atoms with Crippen LogP contribution in [0.2, 0.25) is 5.02 Å². The monoisotopic (exact) mass is 308 g/mol. The molecule has 0 aliphatic carbocycles. The van der Waals surface area contributed by atoms with Gasteiger partial charge in [0.25, 0.3) is 0 Å². The number of rotatable bonds is 2. The molecule has 2 aromatic carbocycles. The molecule has 1 atom stereocenters. The van der Waals surface area contributed by atoms with Crippen molar-refractivity contribution in [2.45, 2.75) is 13.0 Å². The van der Waals surface area contributed by atoms with Crippen molar-refractivity contribution in [2.24, 2.45) is 0 Å². The first-order valence-electron chi connectivity index (χ1n) is 7.08. The highest BCUT2D eigenvalue weighted by Gasteiger charge is 2.26. The number of aromatic nitrogens is 2. The van der Waals surface area contributed by atoms with Crippen LogP contribution in [0.1, 0.15) is 22.7 Å². The van der Waals surface area contributed by atoms with Gasteiger partial charge < -0.3 is 0 Å². The van der Waals surface area contributed by atoms with Gasteiger partial charge in [-0.25, -0.2) is 0 Å². The van der Waals surface area contributed by atoms with Gasteiger partial charge >= 0.3 is 0 Å². The molecule has 3 aromatic rings. The molecule has 0 fully saturated rings. The van der Waals surface area contributed by atoms with Crippen molar-refractivity contribution >= 4 is 34.9 Å². The van der Waals surface area contributed by atoms with E-state index in [1.165, 1.54) is 5.56 Å². The molecule has 4 rings (SSSR count). The minimum atomic E-state index is -0.207. The second kappa shape index (κ2) is 4.82. The molecule has 3 nitrogen and oxygen atoms in total. The van der Waals surface area contributed by atoms with Crippen LogP contribution in [0, 0.1) is 6.92 Å². The Balaban J connectivity index is 2.01. The third-order valence-corrected chi connectivity index (χ3v) is 4.46. The molecule has 108 valence electrons. The topological polar surface area (TPSA) is 34.9 Å². The van der Waals surface area contributed by atoms with Gasteiger partial charge in [-0.15, -0.1) is 0 Å². The Morgan fingerprint density at radius 2 is 1.95 bits per heavy atom. The largest absolute Gasteiger partial charge is 0.298 e. The summed E-state index contributed by atoms with van der Waals surface area (Å²) in [7, 11) is 0. The molecule has 4 heteroatoms. The van der Waals surface area contributed by atoms with Crippen molar-refractivity contribution < 1.29 is 4.79 Å². The van der Waals surface area contributed by atoms with Crippen molar-refractivity contribution in [2.75, 3.05) is 0 Å². The lowest BCUT2D eigenvalue weighted by molar-refractivity contribution is -0.105. The van der Waals surface area contributed by atoms with Crippen LogP contribution >= 0.6 is 11.6 Å². The number of aryl methyl sites for hydroxylation is 1. The lowest BCUT2D eigenvalue weighted by atomic mass is 9.93. The van der Waals surface area contributed by atoms with E-state index in [1.807, 2.05) is 47.3 Å². The van der Waals surface area contributed by atoms with Crippen LogP contribution in [0.4, 0.5) is 0 Å². The number of benzene rings is 2. The number of carbonyl (C=O) groups excluding carboxylic acids is 1. The predicted molar refractivity (Wildman–Crippen MR) is 88.1 cm³/mol. The Morgan fingerprint density at radius 3 is 2.68 bits per heavy atom. The smallest absolute Gasteiger partial charge is 0.148 e. The first kappa shape index (κ1) is 13.3. The van der Waals surface area contributed by atoms with Gasteiger partial charge in [-0.05, 0) is 36.3 Å². The average molecular weight is 309 g/mol. The molecule has 0 saturated carbocycles. The maximum Gasteiger partial charge on any atom is 0.148 e. The molecule has 1 aliphatic rings. The molecule has 1 aliphatic heterocycles. The standard InChI is InChI=1S/C18H13ClN2O/c1-11-2-3-13-8-14(10-22)17(12-4-6-15(19)7-5-12)21-18(13)16(11)9-20-21/h2-10,17H,1H3/t17-/m1/s1. The van der Waals surface area contributed by atoms with Gasteiger partial charge in [0, 0.05) is 21.5 Å². The molecule has 0 amide bonds. The number of carbonyl (C=O) groups is 1. The van der Waals surface area contributed by atoms with Gasteiger partial charge in [-0.1, -0.05) is 35.9 Å². The van der Waals surface area contributed by atoms with E-state index in [2.05, 4.69) is 18.1 Å². The van der Waals surface area contributed by atoms with E-state index in [4.69, 9.17) is 11.6 Å². The lowest BCUT2D eigenvalue weighted by Crippen LogP contribution is -2.18. The van der Waals surface area contributed by atoms with Crippen molar-refractivity contribution in [1.29, 1.82) is 0 Å². The molecule has 0 unspecified atom stereocenters. The fraction of sp³-hybridized carbons (Fsp3) is 0.111. The number of allylic oxidation sites excluding steroid dienone is 1. The summed E-state index contributed by atoms with van der Waals surface area (Å²) < 4.78 is 1.94. The van der Waals surface area contributed by atoms with Gasteiger partial charge in [0.15, 0.2) is 0 Å². The van der Waals surface area contributed by atoms with E-state index in [1.54, 1.807) is 0 Å². The summed E-state index contributed by atoms with van der Waals surface area (Å²) in [5.74, 6) is 0. The number of nitrogens with zero attached hydrogens (tertiary/aromatic N) is 2. The molecular formula is C18H13ClN2O. The zero-order valence-electron chi connectivity index (χ0n) is 12.0. The normalized spacial score (nSPS) is 16.6. The summed E-state index contributed by atoms with van der Waals surface area (Å²) in [6, 6.07) is 11.5. The lowest BCUT2D eigenvalue weighted by Gasteiger charge is -2.24. The van der Waals surface area contributed by atoms with E-state index in [0.29, 0.717) is 10.6 Å². The Morgan fingerprint density at radius 1 is 1.18 bits per heavy atom. The van der Waals surface area contributed by atoms with Gasteiger partial charge in [0.1, 0.15) is 12.3 Å². The predicted octanol–water partition coefficient (Wildman–Crippen LogP) is 4.18. The summed E-state index contributed by atoms with van der Waals surface area (Å²) in [5.41, 5.74) is 4.99. The van der Waals surface area contributed by atoms with Gasteiger partial charge in [-0.3, -0.25) is 9.48 Å². The summed E-state index contributed by atoms with van der Waals surface area (Å²) >= 11 is 5.98. The average Bonchev–Trinajstić information content (AvgIpc) is 2.98. The fourth-order valence-corrected chi connectivity index (χ4v) is 3.24. The first-order chi connectivity index (χ1) is 10.7. The second-order valence-corrected chi connectivity index (χ2v) is 5.98. The Hall–Kier alpha value is -2.39. The summed E-state index contributed by atoms with van der Waals surface area (Å²) in [6.45, 7) is 2.07. The highest BCUT2D eigenvalue weighted by atomic mass is 35.5. The van der Waals surface area contributed by atoms with Crippen LogP contribution < -0.4 is 0 Å². The van der Waals surface area contributed by atoms with Crippen LogP contribution in [-0.2, 0) is 4.79 Å². The van der Waals surface area contributed by atoms with Gasteiger partial charge in [-0.2, -0.15) is 5.10 Å². The van der Waals surface area contributed by atoms with Crippen molar-refractivity contribution in [3.8, 4) is 0 Å². The fourth-order valence-electron chi connectivity index (χ4n) is 3.11. The molecule has 0 saturated heterocycles. The van der Waals surface area contributed by atoms with E-state index in [0.717, 1.165) is 28.3 Å². The molecule has 0 bridgehead atoms. The third-order valence-electron chi connectivity index (χ3n) is 4.21. The molecular weight excluding hydrogens is 296 g/mol. The highest BCUT2D eigenvalue weighted by Crippen LogP contribution is 2.37. The van der Waals surface area contributed by atoms with E-state index >= 15 is 0 Å². The minimum absolute atomic E-state index is 0.207. The quantitative estimate of drug-likeness (QED) is 0.666. The van der Waals surface area contributed by atoms with Crippen molar-refractivity contribution in [1.82, 2.24) is 9.78 Å². The first-order valence-corrected chi connectivity index (χ1v) is 7.46. The van der Waals surface area contributed by atoms with Crippen LogP contribution in [-0.4, -0.2) is 16.1 Å². The molecule has 1 aromatic heterocycles. The van der Waals surface area contributed by atoms with Crippen molar-refractivity contribution in [3.63, 3.8) is 0 Å². The maximum absolute atomic E-state index is 11.6. The summed E-state index contributed by atoms with van der Waals surface area (Å²) in [4.78, 5) is 11.6. The number of halogens is 1. The zero-order valence-corrected chi connectivity index (χ0v) is 12.7. The summed E-state index contributed by atoms with van der Waals surface area (Å²) in [5, 5.41) is 6.35. The molecule has 0 radical (unpaired) electrons.